The molecule has 0 aliphatic rings. The Morgan fingerprint density at radius 1 is 1.15 bits per heavy atom. The molecule has 0 saturated heterocycles. The molecule has 0 fully saturated rings. The zero-order valence-electron chi connectivity index (χ0n) is 15.3. The molecule has 146 valence electrons. The normalized spacial score (nSPS) is 11.6. The van der Waals surface area contributed by atoms with Gasteiger partial charge in [-0.25, -0.2) is 8.42 Å². The Labute approximate surface area is 170 Å². The summed E-state index contributed by atoms with van der Waals surface area (Å²) in [6, 6.07) is 14.2. The molecular formula is C19H23ClN2O3S2. The molecule has 0 aliphatic heterocycles. The average Bonchev–Trinajstić information content (AvgIpc) is 2.63. The largest absolute Gasteiger partial charge is 0.354 e. The molecule has 0 aliphatic carbocycles. The number of benzene rings is 2. The van der Waals surface area contributed by atoms with Gasteiger partial charge in [-0.2, -0.15) is 16.1 Å². The van der Waals surface area contributed by atoms with E-state index in [1.807, 2.05) is 31.2 Å². The molecule has 1 amide bonds. The van der Waals surface area contributed by atoms with Crippen LogP contribution in [0.15, 0.2) is 53.4 Å². The van der Waals surface area contributed by atoms with Crippen LogP contribution in [-0.2, 0) is 20.6 Å². The fraction of sp³-hybridized carbons (Fsp3) is 0.316. The summed E-state index contributed by atoms with van der Waals surface area (Å²) in [4.78, 5) is 12.2. The maximum atomic E-state index is 12.5. The Morgan fingerprint density at radius 2 is 1.81 bits per heavy atom. The van der Waals surface area contributed by atoms with Crippen molar-refractivity contribution in [2.24, 2.45) is 0 Å². The van der Waals surface area contributed by atoms with Crippen molar-refractivity contribution in [1.29, 1.82) is 0 Å². The Kier molecular flexibility index (Phi) is 8.16. The van der Waals surface area contributed by atoms with Gasteiger partial charge in [0.1, 0.15) is 0 Å². The van der Waals surface area contributed by atoms with Gasteiger partial charge in [0.15, 0.2) is 0 Å². The number of hydrogen-bond acceptors (Lipinski definition) is 4. The van der Waals surface area contributed by atoms with Gasteiger partial charge in [-0.15, -0.1) is 0 Å². The standard InChI is InChI=1S/C19H23ClN2O3S2/c1-15-7-9-17(10-8-15)27(24,25)22(2)13-19(23)21-11-12-26-14-16-5-3-4-6-18(16)20/h3-10H,11-14H2,1-2H3,(H,21,23). The minimum Gasteiger partial charge on any atom is -0.354 e. The first-order valence-electron chi connectivity index (χ1n) is 8.41. The molecule has 0 radical (unpaired) electrons. The van der Waals surface area contributed by atoms with E-state index in [-0.39, 0.29) is 17.3 Å². The van der Waals surface area contributed by atoms with Gasteiger partial charge in [-0.05, 0) is 30.7 Å². The van der Waals surface area contributed by atoms with Crippen molar-refractivity contribution in [3.8, 4) is 0 Å². The molecule has 0 bridgehead atoms. The summed E-state index contributed by atoms with van der Waals surface area (Å²) in [6.45, 7) is 2.13. The topological polar surface area (TPSA) is 66.5 Å². The lowest BCUT2D eigenvalue weighted by molar-refractivity contribution is -0.121. The first-order valence-corrected chi connectivity index (χ1v) is 11.4. The average molecular weight is 427 g/mol. The molecule has 27 heavy (non-hydrogen) atoms. The van der Waals surface area contributed by atoms with Crippen molar-refractivity contribution in [2.75, 3.05) is 25.9 Å². The molecule has 2 aromatic carbocycles. The highest BCUT2D eigenvalue weighted by atomic mass is 35.5. The van der Waals surface area contributed by atoms with Crippen LogP contribution in [0, 0.1) is 6.92 Å². The Bertz CT molecular complexity index is 871. The molecule has 8 heteroatoms. The summed E-state index contributed by atoms with van der Waals surface area (Å²) in [5.41, 5.74) is 2.03. The molecule has 5 nitrogen and oxygen atoms in total. The number of nitrogens with one attached hydrogen (secondary N) is 1. The van der Waals surface area contributed by atoms with Gasteiger partial charge in [-0.3, -0.25) is 4.79 Å². The summed E-state index contributed by atoms with van der Waals surface area (Å²) in [5, 5.41) is 3.48. The van der Waals surface area contributed by atoms with E-state index in [0.717, 1.165) is 26.2 Å². The van der Waals surface area contributed by atoms with Crippen LogP contribution in [0.5, 0.6) is 0 Å². The van der Waals surface area contributed by atoms with E-state index in [1.54, 1.807) is 36.0 Å². The third kappa shape index (κ3) is 6.53. The first kappa shape index (κ1) is 21.8. The highest BCUT2D eigenvalue weighted by Gasteiger charge is 2.22. The first-order chi connectivity index (χ1) is 12.8. The van der Waals surface area contributed by atoms with Crippen molar-refractivity contribution < 1.29 is 13.2 Å². The number of hydrogen-bond donors (Lipinski definition) is 1. The summed E-state index contributed by atoms with van der Waals surface area (Å²) in [7, 11) is -2.27. The van der Waals surface area contributed by atoms with Crippen molar-refractivity contribution in [3.05, 3.63) is 64.7 Å². The second-order valence-corrected chi connectivity index (χ2v) is 9.63. The van der Waals surface area contributed by atoms with Gasteiger partial charge in [0.25, 0.3) is 0 Å². The summed E-state index contributed by atoms with van der Waals surface area (Å²) in [5.74, 6) is 1.15. The summed E-state index contributed by atoms with van der Waals surface area (Å²) < 4.78 is 26.0. The summed E-state index contributed by atoms with van der Waals surface area (Å²) >= 11 is 7.76. The maximum absolute atomic E-state index is 12.5. The van der Waals surface area contributed by atoms with Crippen molar-refractivity contribution in [2.45, 2.75) is 17.6 Å². The van der Waals surface area contributed by atoms with Gasteiger partial charge in [0.05, 0.1) is 11.4 Å². The quantitative estimate of drug-likeness (QED) is 0.624. The van der Waals surface area contributed by atoms with Crippen molar-refractivity contribution in [1.82, 2.24) is 9.62 Å². The molecule has 2 aromatic rings. The lowest BCUT2D eigenvalue weighted by Gasteiger charge is -2.17. The molecule has 1 N–H and O–H groups in total. The van der Waals surface area contributed by atoms with Crippen LogP contribution < -0.4 is 5.32 Å². The predicted molar refractivity (Wildman–Crippen MR) is 112 cm³/mol. The van der Waals surface area contributed by atoms with Gasteiger partial charge in [0.2, 0.25) is 15.9 Å². The van der Waals surface area contributed by atoms with E-state index in [1.165, 1.54) is 7.05 Å². The molecule has 0 spiro atoms. The number of thioether (sulfide) groups is 1. The van der Waals surface area contributed by atoms with E-state index in [2.05, 4.69) is 5.32 Å². The van der Waals surface area contributed by atoms with Gasteiger partial charge in [-0.1, -0.05) is 47.5 Å². The number of amides is 1. The van der Waals surface area contributed by atoms with E-state index >= 15 is 0 Å². The van der Waals surface area contributed by atoms with Crippen molar-refractivity contribution in [3.63, 3.8) is 0 Å². The van der Waals surface area contributed by atoms with Gasteiger partial charge >= 0.3 is 0 Å². The third-order valence-corrected chi connectivity index (χ3v) is 7.07. The maximum Gasteiger partial charge on any atom is 0.243 e. The van der Waals surface area contributed by atoms with Gasteiger partial charge < -0.3 is 5.32 Å². The van der Waals surface area contributed by atoms with E-state index in [0.29, 0.717) is 12.3 Å². The number of likely N-dealkylation sites (N-methyl/N-ethyl adjacent to an activating group) is 1. The van der Waals surface area contributed by atoms with Gasteiger partial charge in [0, 0.05) is 30.1 Å². The molecule has 2 rings (SSSR count). The Hall–Kier alpha value is -1.54. The predicted octanol–water partition coefficient (Wildman–Crippen LogP) is 3.32. The number of rotatable bonds is 9. The Balaban J connectivity index is 1.75. The second-order valence-electron chi connectivity index (χ2n) is 6.07. The lowest BCUT2D eigenvalue weighted by atomic mass is 10.2. The van der Waals surface area contributed by atoms with Crippen LogP contribution in [-0.4, -0.2) is 44.5 Å². The van der Waals surface area contributed by atoms with E-state index < -0.39 is 10.0 Å². The number of carbonyl (C=O) groups is 1. The third-order valence-electron chi connectivity index (χ3n) is 3.88. The number of sulfonamides is 1. The van der Waals surface area contributed by atoms with E-state index in [4.69, 9.17) is 11.6 Å². The monoisotopic (exact) mass is 426 g/mol. The summed E-state index contributed by atoms with van der Waals surface area (Å²) in [6.07, 6.45) is 0. The Morgan fingerprint density at radius 3 is 2.48 bits per heavy atom. The number of nitrogens with zero attached hydrogens (tertiary/aromatic N) is 1. The van der Waals surface area contributed by atoms with Crippen LogP contribution >= 0.6 is 23.4 Å². The zero-order valence-corrected chi connectivity index (χ0v) is 17.7. The minimum atomic E-state index is -3.67. The molecule has 0 atom stereocenters. The fourth-order valence-corrected chi connectivity index (χ4v) is 4.56. The van der Waals surface area contributed by atoms with Crippen molar-refractivity contribution >= 4 is 39.3 Å². The smallest absolute Gasteiger partial charge is 0.243 e. The fourth-order valence-electron chi connectivity index (χ4n) is 2.29. The zero-order chi connectivity index (χ0) is 19.9. The number of aryl methyl sites for hydroxylation is 1. The molecule has 0 heterocycles. The highest BCUT2D eigenvalue weighted by molar-refractivity contribution is 7.98. The van der Waals surface area contributed by atoms with Crippen LogP contribution in [0.4, 0.5) is 0 Å². The number of carbonyl (C=O) groups excluding carboxylic acids is 1. The molecule has 0 aromatic heterocycles. The SMILES string of the molecule is Cc1ccc(S(=O)(=O)N(C)CC(=O)NCCSCc2ccccc2Cl)cc1. The molecule has 0 saturated carbocycles. The highest BCUT2D eigenvalue weighted by Crippen LogP contribution is 2.20. The molecular weight excluding hydrogens is 404 g/mol. The van der Waals surface area contributed by atoms with E-state index in [9.17, 15) is 13.2 Å². The molecule has 0 unspecified atom stereocenters. The van der Waals surface area contributed by atoms with Crippen LogP contribution in [0.2, 0.25) is 5.02 Å². The minimum absolute atomic E-state index is 0.179. The second kappa shape index (κ2) is 10.1. The van der Waals surface area contributed by atoms with Crippen LogP contribution in [0.25, 0.3) is 0 Å². The van der Waals surface area contributed by atoms with Crippen LogP contribution in [0.3, 0.4) is 0 Å². The lowest BCUT2D eigenvalue weighted by Crippen LogP contribution is -2.39. The van der Waals surface area contributed by atoms with Crippen LogP contribution in [0.1, 0.15) is 11.1 Å². The number of halogens is 1.